The van der Waals surface area contributed by atoms with Crippen molar-refractivity contribution in [3.05, 3.63) is 28.4 Å². The topological polar surface area (TPSA) is 29.5 Å². The largest absolute Gasteiger partial charge is 0.278 e. The van der Waals surface area contributed by atoms with Crippen LogP contribution < -0.4 is 0 Å². The molecule has 1 heterocycles. The van der Waals surface area contributed by atoms with Gasteiger partial charge in [0, 0.05) is 17.3 Å². The first-order chi connectivity index (χ1) is 8.09. The van der Waals surface area contributed by atoms with E-state index in [9.17, 15) is 4.79 Å². The van der Waals surface area contributed by atoms with Crippen molar-refractivity contribution in [3.63, 3.8) is 0 Å². The Bertz CT molecular complexity index is 445. The van der Waals surface area contributed by atoms with Gasteiger partial charge in [0.15, 0.2) is 0 Å². The Morgan fingerprint density at radius 1 is 1.24 bits per heavy atom. The smallest absolute Gasteiger partial charge is 0.271 e. The molecule has 0 radical (unpaired) electrons. The second-order valence-corrected chi connectivity index (χ2v) is 7.18. The van der Waals surface area contributed by atoms with Crippen molar-refractivity contribution in [1.29, 1.82) is 0 Å². The second kappa shape index (κ2) is 6.33. The molecule has 0 aliphatic carbocycles. The van der Waals surface area contributed by atoms with E-state index in [2.05, 4.69) is 73.8 Å². The Balaban J connectivity index is 2.29. The predicted octanol–water partition coefficient (Wildman–Crippen LogP) is 3.67. The summed E-state index contributed by atoms with van der Waals surface area (Å²) in [6.07, 6.45) is 2.05. The summed E-state index contributed by atoms with van der Waals surface area (Å²) in [5, 5.41) is 1.49. The van der Waals surface area contributed by atoms with Gasteiger partial charge in [0.2, 0.25) is 0 Å². The molecule has 3 nitrogen and oxygen atoms in total. The van der Waals surface area contributed by atoms with Gasteiger partial charge in [-0.2, -0.15) is 0 Å². The van der Waals surface area contributed by atoms with Gasteiger partial charge in [-0.25, -0.2) is 5.06 Å². The summed E-state index contributed by atoms with van der Waals surface area (Å²) < 4.78 is 3.19. The van der Waals surface area contributed by atoms with Gasteiger partial charge in [-0.3, -0.25) is 9.63 Å². The number of hydroxylamine groups is 2. The Morgan fingerprint density at radius 3 is 2.65 bits per heavy atom. The highest BCUT2D eigenvalue weighted by Gasteiger charge is 2.22. The maximum atomic E-state index is 12.3. The van der Waals surface area contributed by atoms with E-state index in [1.807, 2.05) is 6.07 Å². The van der Waals surface area contributed by atoms with Crippen molar-refractivity contribution in [1.82, 2.24) is 5.06 Å². The van der Waals surface area contributed by atoms with Crippen LogP contribution in [0, 0.1) is 10.7 Å². The highest BCUT2D eigenvalue weighted by molar-refractivity contribution is 14.1. The van der Waals surface area contributed by atoms with Gasteiger partial charge in [0.25, 0.3) is 5.91 Å². The fourth-order valence-corrected chi connectivity index (χ4v) is 3.99. The first kappa shape index (κ1) is 14.3. The lowest BCUT2D eigenvalue weighted by atomic mass is 10.2. The highest BCUT2D eigenvalue weighted by Crippen LogP contribution is 2.24. The van der Waals surface area contributed by atoms with E-state index < -0.39 is 0 Å². The molecule has 0 unspecified atom stereocenters. The summed E-state index contributed by atoms with van der Waals surface area (Å²) >= 11 is 6.71. The summed E-state index contributed by atoms with van der Waals surface area (Å²) in [6, 6.07) is 3.99. The van der Waals surface area contributed by atoms with Gasteiger partial charge < -0.3 is 0 Å². The average molecular weight is 569 g/mol. The Labute approximate surface area is 141 Å². The third kappa shape index (κ3) is 3.44. The van der Waals surface area contributed by atoms with Gasteiger partial charge in [0.1, 0.15) is 0 Å². The van der Waals surface area contributed by atoms with Crippen molar-refractivity contribution >= 4 is 73.7 Å². The third-order valence-electron chi connectivity index (χ3n) is 2.45. The number of carbonyl (C=O) groups is 1. The summed E-state index contributed by atoms with van der Waals surface area (Å²) in [5.41, 5.74) is 0.740. The molecule has 0 atom stereocenters. The lowest BCUT2D eigenvalue weighted by molar-refractivity contribution is -0.144. The summed E-state index contributed by atoms with van der Waals surface area (Å²) in [5.74, 6) is -0.0227. The van der Waals surface area contributed by atoms with E-state index in [1.54, 1.807) is 0 Å². The zero-order chi connectivity index (χ0) is 12.4. The van der Waals surface area contributed by atoms with Gasteiger partial charge >= 0.3 is 0 Å². The Hall–Kier alpha value is 0.840. The first-order valence-corrected chi connectivity index (χ1v) is 8.42. The molecule has 1 fully saturated rings. The normalized spacial score (nSPS) is 16.1. The summed E-state index contributed by atoms with van der Waals surface area (Å²) in [6.45, 7) is 1.33. The van der Waals surface area contributed by atoms with E-state index in [4.69, 9.17) is 4.84 Å². The molecule has 0 saturated carbocycles. The van der Waals surface area contributed by atoms with Crippen molar-refractivity contribution in [3.8, 4) is 0 Å². The van der Waals surface area contributed by atoms with Crippen molar-refractivity contribution in [2.24, 2.45) is 0 Å². The fourth-order valence-electron chi connectivity index (χ4n) is 1.60. The number of hydrogen-bond donors (Lipinski definition) is 0. The van der Waals surface area contributed by atoms with Gasteiger partial charge in [-0.15, -0.1) is 0 Å². The van der Waals surface area contributed by atoms with E-state index >= 15 is 0 Å². The molecule has 1 aromatic rings. The van der Waals surface area contributed by atoms with E-state index in [0.717, 1.165) is 29.1 Å². The van der Waals surface area contributed by atoms with Crippen LogP contribution in [0.3, 0.4) is 0 Å². The van der Waals surface area contributed by atoms with Crippen LogP contribution in [0.2, 0.25) is 0 Å². The molecule has 1 amide bonds. The van der Waals surface area contributed by atoms with Crippen molar-refractivity contribution in [2.75, 3.05) is 13.2 Å². The van der Waals surface area contributed by atoms with Crippen LogP contribution >= 0.6 is 67.8 Å². The number of benzene rings is 1. The molecule has 92 valence electrons. The van der Waals surface area contributed by atoms with Crippen LogP contribution in [0.15, 0.2) is 12.1 Å². The van der Waals surface area contributed by atoms with Crippen LogP contribution in [0.4, 0.5) is 0 Å². The lowest BCUT2D eigenvalue weighted by Crippen LogP contribution is -2.36. The number of carbonyl (C=O) groups excluding carboxylic acids is 1. The summed E-state index contributed by atoms with van der Waals surface area (Å²) in [4.78, 5) is 17.7. The molecule has 0 N–H and O–H groups in total. The zero-order valence-electron chi connectivity index (χ0n) is 8.88. The van der Waals surface area contributed by atoms with Crippen LogP contribution in [0.25, 0.3) is 0 Å². The van der Waals surface area contributed by atoms with Crippen LogP contribution in [0.1, 0.15) is 23.2 Å². The number of amides is 1. The SMILES string of the molecule is O=C(c1cc(I)cc(I)c1I)N1CCCCO1. The number of nitrogens with zero attached hydrogens (tertiary/aromatic N) is 1. The van der Waals surface area contributed by atoms with E-state index in [-0.39, 0.29) is 5.91 Å². The Morgan fingerprint density at radius 2 is 2.00 bits per heavy atom. The standard InChI is InChI=1S/C11H10I3NO2/c12-7-5-8(10(14)9(13)6-7)11(16)15-3-1-2-4-17-15/h5-6H,1-4H2. The minimum absolute atomic E-state index is 0.0227. The van der Waals surface area contributed by atoms with Crippen LogP contribution in [-0.4, -0.2) is 24.1 Å². The lowest BCUT2D eigenvalue weighted by Gasteiger charge is -2.26. The molecule has 17 heavy (non-hydrogen) atoms. The average Bonchev–Trinajstić information content (AvgIpc) is 2.34. The molecule has 0 spiro atoms. The van der Waals surface area contributed by atoms with Crippen LogP contribution in [-0.2, 0) is 4.84 Å². The number of rotatable bonds is 1. The molecule has 2 rings (SSSR count). The molecule has 0 aromatic heterocycles. The van der Waals surface area contributed by atoms with Gasteiger partial charge in [0.05, 0.1) is 12.2 Å². The molecule has 0 bridgehead atoms. The predicted molar refractivity (Wildman–Crippen MR) is 90.8 cm³/mol. The number of hydrogen-bond acceptors (Lipinski definition) is 2. The second-order valence-electron chi connectivity index (χ2n) is 3.70. The van der Waals surface area contributed by atoms with Crippen molar-refractivity contribution < 1.29 is 9.63 Å². The van der Waals surface area contributed by atoms with Crippen LogP contribution in [0.5, 0.6) is 0 Å². The quantitative estimate of drug-likeness (QED) is 0.382. The molecule has 1 saturated heterocycles. The zero-order valence-corrected chi connectivity index (χ0v) is 15.4. The van der Waals surface area contributed by atoms with E-state index in [0.29, 0.717) is 13.2 Å². The molecule has 1 aliphatic rings. The van der Waals surface area contributed by atoms with Gasteiger partial charge in [-0.05, 0) is 92.7 Å². The molecule has 1 aliphatic heterocycles. The third-order valence-corrected chi connectivity index (χ3v) is 6.12. The molecular weight excluding hydrogens is 559 g/mol. The minimum Gasteiger partial charge on any atom is -0.271 e. The Kier molecular flexibility index (Phi) is 5.31. The minimum atomic E-state index is -0.0227. The molecule has 6 heteroatoms. The summed E-state index contributed by atoms with van der Waals surface area (Å²) in [7, 11) is 0. The maximum Gasteiger partial charge on any atom is 0.278 e. The monoisotopic (exact) mass is 569 g/mol. The maximum absolute atomic E-state index is 12.3. The van der Waals surface area contributed by atoms with Gasteiger partial charge in [-0.1, -0.05) is 0 Å². The molecule has 1 aromatic carbocycles. The van der Waals surface area contributed by atoms with Crippen molar-refractivity contribution in [2.45, 2.75) is 12.8 Å². The highest BCUT2D eigenvalue weighted by atomic mass is 127. The number of halogens is 3. The molecular formula is C11H10I3NO2. The first-order valence-electron chi connectivity index (χ1n) is 5.19. The fraction of sp³-hybridized carbons (Fsp3) is 0.364. The van der Waals surface area contributed by atoms with E-state index in [1.165, 1.54) is 5.06 Å².